The quantitative estimate of drug-likeness (QED) is 0.585. The van der Waals surface area contributed by atoms with Crippen molar-refractivity contribution < 1.29 is 22.7 Å². The van der Waals surface area contributed by atoms with Crippen LogP contribution in [0, 0.1) is 0 Å². The predicted molar refractivity (Wildman–Crippen MR) is 146 cm³/mol. The minimum atomic E-state index is -3.68. The van der Waals surface area contributed by atoms with Gasteiger partial charge in [0, 0.05) is 26.2 Å². The van der Waals surface area contributed by atoms with E-state index in [2.05, 4.69) is 22.2 Å². The van der Waals surface area contributed by atoms with E-state index in [1.807, 2.05) is 13.0 Å². The van der Waals surface area contributed by atoms with E-state index in [1.165, 1.54) is 4.31 Å². The molecule has 0 saturated carbocycles. The number of likely N-dealkylation sites (tertiary alicyclic amines) is 1. The van der Waals surface area contributed by atoms with E-state index >= 15 is 0 Å². The van der Waals surface area contributed by atoms with Crippen LogP contribution in [0.15, 0.2) is 35.2 Å². The number of carbonyl (C=O) groups excluding carboxylic acids is 1. The molecule has 0 radical (unpaired) electrons. The second kappa shape index (κ2) is 10.7. The molecule has 0 bridgehead atoms. The van der Waals surface area contributed by atoms with Crippen LogP contribution in [-0.4, -0.2) is 101 Å². The Hall–Kier alpha value is -2.93. The third-order valence-electron chi connectivity index (χ3n) is 7.69. The first-order valence-corrected chi connectivity index (χ1v) is 14.4. The SMILES string of the molecule is COc1ccc(S(=O)(=O)N2CCOCC2)cc1Nc1ccc2c(n1)N(C1CCN(C)CC1)C(C)C(=O)N2C. The van der Waals surface area contributed by atoms with Crippen LogP contribution in [0.25, 0.3) is 0 Å². The number of carbonyl (C=O) groups is 1. The molecule has 2 saturated heterocycles. The number of pyridine rings is 1. The number of nitrogens with one attached hydrogen (secondary N) is 1. The highest BCUT2D eigenvalue weighted by Gasteiger charge is 2.39. The third-order valence-corrected chi connectivity index (χ3v) is 9.58. The van der Waals surface area contributed by atoms with E-state index < -0.39 is 10.0 Å². The molecule has 5 rings (SSSR count). The maximum absolute atomic E-state index is 13.3. The molecular weight excluding hydrogens is 508 g/mol. The van der Waals surface area contributed by atoms with E-state index in [-0.39, 0.29) is 22.9 Å². The molecule has 3 aliphatic rings. The average molecular weight is 545 g/mol. The van der Waals surface area contributed by atoms with Crippen molar-refractivity contribution >= 4 is 38.9 Å². The zero-order chi connectivity index (χ0) is 27.0. The summed E-state index contributed by atoms with van der Waals surface area (Å²) >= 11 is 0. The number of aromatic nitrogens is 1. The van der Waals surface area contributed by atoms with Gasteiger partial charge in [0.1, 0.15) is 17.6 Å². The molecule has 12 heteroatoms. The van der Waals surface area contributed by atoms with Gasteiger partial charge in [-0.25, -0.2) is 13.4 Å². The number of likely N-dealkylation sites (N-methyl/N-ethyl adjacent to an activating group) is 1. The summed E-state index contributed by atoms with van der Waals surface area (Å²) in [7, 11) is 1.75. The summed E-state index contributed by atoms with van der Waals surface area (Å²) in [6.45, 7) is 5.26. The second-order valence-electron chi connectivity index (χ2n) is 10.1. The van der Waals surface area contributed by atoms with Gasteiger partial charge in [-0.1, -0.05) is 0 Å². The maximum atomic E-state index is 13.3. The summed E-state index contributed by atoms with van der Waals surface area (Å²) < 4.78 is 38.8. The molecule has 38 heavy (non-hydrogen) atoms. The van der Waals surface area contributed by atoms with Gasteiger partial charge in [0.15, 0.2) is 5.82 Å². The van der Waals surface area contributed by atoms with Gasteiger partial charge in [0.25, 0.3) is 0 Å². The van der Waals surface area contributed by atoms with Gasteiger partial charge in [0.2, 0.25) is 15.9 Å². The minimum Gasteiger partial charge on any atom is -0.495 e. The Morgan fingerprint density at radius 3 is 2.45 bits per heavy atom. The molecule has 1 unspecified atom stereocenters. The summed E-state index contributed by atoms with van der Waals surface area (Å²) in [5.74, 6) is 1.82. The molecule has 0 aliphatic carbocycles. The van der Waals surface area contributed by atoms with Gasteiger partial charge in [0.05, 0.1) is 36.6 Å². The molecule has 1 aromatic carbocycles. The van der Waals surface area contributed by atoms with Crippen LogP contribution >= 0.6 is 0 Å². The van der Waals surface area contributed by atoms with Gasteiger partial charge in [-0.3, -0.25) is 4.79 Å². The first kappa shape index (κ1) is 26.7. The Morgan fingerprint density at radius 1 is 1.05 bits per heavy atom. The molecule has 11 nitrogen and oxygen atoms in total. The fourth-order valence-electron chi connectivity index (χ4n) is 5.45. The zero-order valence-electron chi connectivity index (χ0n) is 22.4. The van der Waals surface area contributed by atoms with Crippen LogP contribution in [0.1, 0.15) is 19.8 Å². The number of fused-ring (bicyclic) bond motifs is 1. The summed E-state index contributed by atoms with van der Waals surface area (Å²) in [6, 6.07) is 8.34. The number of sulfonamides is 1. The number of piperidine rings is 1. The van der Waals surface area contributed by atoms with Crippen molar-refractivity contribution in [3.05, 3.63) is 30.3 Å². The molecular formula is C26H36N6O5S. The minimum absolute atomic E-state index is 0.0432. The Morgan fingerprint density at radius 2 is 1.76 bits per heavy atom. The Balaban J connectivity index is 1.48. The summed E-state index contributed by atoms with van der Waals surface area (Å²) in [5, 5.41) is 3.28. The normalized spacial score (nSPS) is 21.9. The van der Waals surface area contributed by atoms with Crippen molar-refractivity contribution in [1.82, 2.24) is 14.2 Å². The van der Waals surface area contributed by atoms with E-state index in [0.29, 0.717) is 43.6 Å². The summed E-state index contributed by atoms with van der Waals surface area (Å²) in [5.41, 5.74) is 1.25. The Labute approximate surface area is 224 Å². The lowest BCUT2D eigenvalue weighted by Gasteiger charge is -2.45. The van der Waals surface area contributed by atoms with Crippen LogP contribution < -0.4 is 19.9 Å². The molecule has 4 heterocycles. The number of amides is 1. The highest BCUT2D eigenvalue weighted by molar-refractivity contribution is 7.89. The van der Waals surface area contributed by atoms with Gasteiger partial charge < -0.3 is 29.5 Å². The predicted octanol–water partition coefficient (Wildman–Crippen LogP) is 2.12. The van der Waals surface area contributed by atoms with Crippen molar-refractivity contribution in [2.75, 3.05) is 75.7 Å². The number of nitrogens with zero attached hydrogens (tertiary/aromatic N) is 5. The van der Waals surface area contributed by atoms with Crippen molar-refractivity contribution in [2.45, 2.75) is 36.7 Å². The van der Waals surface area contributed by atoms with Gasteiger partial charge in [-0.2, -0.15) is 4.31 Å². The smallest absolute Gasteiger partial charge is 0.249 e. The first-order chi connectivity index (χ1) is 18.2. The van der Waals surface area contributed by atoms with E-state index in [0.717, 1.165) is 37.4 Å². The number of anilines is 4. The number of rotatable bonds is 6. The molecule has 1 amide bonds. The first-order valence-electron chi connectivity index (χ1n) is 13.0. The molecule has 1 N–H and O–H groups in total. The van der Waals surface area contributed by atoms with E-state index in [1.54, 1.807) is 43.3 Å². The van der Waals surface area contributed by atoms with Crippen molar-refractivity contribution in [2.24, 2.45) is 0 Å². The third kappa shape index (κ3) is 4.93. The fraction of sp³-hybridized carbons (Fsp3) is 0.538. The zero-order valence-corrected chi connectivity index (χ0v) is 23.2. The molecule has 206 valence electrons. The highest BCUT2D eigenvalue weighted by atomic mass is 32.2. The van der Waals surface area contributed by atoms with Gasteiger partial charge in [-0.05, 0) is 70.2 Å². The molecule has 2 fully saturated rings. The van der Waals surface area contributed by atoms with Crippen LogP contribution in [0.5, 0.6) is 5.75 Å². The van der Waals surface area contributed by atoms with Crippen LogP contribution in [0.3, 0.4) is 0 Å². The topological polar surface area (TPSA) is 108 Å². The number of benzene rings is 1. The number of hydrogen-bond donors (Lipinski definition) is 1. The molecule has 1 aromatic heterocycles. The standard InChI is InChI=1S/C26H36N6O5S/c1-18-26(33)30(3)22-6-8-24(28-25(22)32(18)19-9-11-29(2)12-10-19)27-21-17-20(5-7-23(21)36-4)38(34,35)31-13-15-37-16-14-31/h5-8,17-19H,9-16H2,1-4H3,(H,27,28). The monoisotopic (exact) mass is 544 g/mol. The van der Waals surface area contributed by atoms with Crippen LogP contribution in [0.4, 0.5) is 23.0 Å². The number of morpholine rings is 1. The molecule has 1 atom stereocenters. The fourth-order valence-corrected chi connectivity index (χ4v) is 6.88. The largest absolute Gasteiger partial charge is 0.495 e. The lowest BCUT2D eigenvalue weighted by Crippen LogP contribution is -2.57. The summed E-state index contributed by atoms with van der Waals surface area (Å²) in [6.07, 6.45) is 1.90. The molecule has 2 aromatic rings. The second-order valence-corrected chi connectivity index (χ2v) is 12.0. The van der Waals surface area contributed by atoms with Gasteiger partial charge in [-0.15, -0.1) is 0 Å². The van der Waals surface area contributed by atoms with E-state index in [4.69, 9.17) is 14.5 Å². The lowest BCUT2D eigenvalue weighted by atomic mass is 9.99. The van der Waals surface area contributed by atoms with Gasteiger partial charge >= 0.3 is 0 Å². The van der Waals surface area contributed by atoms with Crippen LogP contribution in [0.2, 0.25) is 0 Å². The number of hydrogen-bond acceptors (Lipinski definition) is 9. The Bertz CT molecular complexity index is 1290. The molecule has 0 spiro atoms. The van der Waals surface area contributed by atoms with Crippen molar-refractivity contribution in [3.63, 3.8) is 0 Å². The number of ether oxygens (including phenoxy) is 2. The van der Waals surface area contributed by atoms with Crippen molar-refractivity contribution in [1.29, 1.82) is 0 Å². The Kier molecular flexibility index (Phi) is 7.49. The summed E-state index contributed by atoms with van der Waals surface area (Å²) in [4.78, 5) is 24.3. The maximum Gasteiger partial charge on any atom is 0.249 e. The van der Waals surface area contributed by atoms with E-state index in [9.17, 15) is 13.2 Å². The average Bonchev–Trinajstić information content (AvgIpc) is 2.93. The molecule has 3 aliphatic heterocycles. The highest BCUT2D eigenvalue weighted by Crippen LogP contribution is 2.39. The van der Waals surface area contributed by atoms with Crippen molar-refractivity contribution in [3.8, 4) is 5.75 Å². The van der Waals surface area contributed by atoms with Crippen LogP contribution in [-0.2, 0) is 19.6 Å². The lowest BCUT2D eigenvalue weighted by molar-refractivity contribution is -0.119. The number of methoxy groups -OCH3 is 1.